The van der Waals surface area contributed by atoms with Gasteiger partial charge in [0.15, 0.2) is 5.82 Å². The van der Waals surface area contributed by atoms with Gasteiger partial charge >= 0.3 is 0 Å². The van der Waals surface area contributed by atoms with Crippen molar-refractivity contribution in [1.29, 1.82) is 0 Å². The first-order chi connectivity index (χ1) is 9.08. The third kappa shape index (κ3) is 2.63. The van der Waals surface area contributed by atoms with Gasteiger partial charge in [0.2, 0.25) is 0 Å². The van der Waals surface area contributed by atoms with Crippen LogP contribution in [-0.4, -0.2) is 17.0 Å². The number of nitrogens with one attached hydrogen (secondary N) is 1. The zero-order valence-electron chi connectivity index (χ0n) is 11.7. The predicted octanol–water partition coefficient (Wildman–Crippen LogP) is 4.13. The van der Waals surface area contributed by atoms with Crippen molar-refractivity contribution in [2.75, 3.05) is 12.4 Å². The Morgan fingerprint density at radius 2 is 1.79 bits per heavy atom. The third-order valence-corrected chi connectivity index (χ3v) is 4.03. The van der Waals surface area contributed by atoms with Crippen LogP contribution < -0.4 is 5.32 Å². The van der Waals surface area contributed by atoms with E-state index >= 15 is 0 Å². The molecular formula is C15H18BrN3. The minimum absolute atomic E-state index is 0.792. The molecule has 1 N–H and O–H groups in total. The maximum Gasteiger partial charge on any atom is 0.162 e. The minimum atomic E-state index is 0.792. The second kappa shape index (κ2) is 5.70. The van der Waals surface area contributed by atoms with Crippen molar-refractivity contribution in [1.82, 2.24) is 9.97 Å². The van der Waals surface area contributed by atoms with Crippen molar-refractivity contribution in [3.8, 4) is 11.4 Å². The molecule has 0 saturated carbocycles. The summed E-state index contributed by atoms with van der Waals surface area (Å²) < 4.78 is 0.951. The molecule has 0 amide bonds. The summed E-state index contributed by atoms with van der Waals surface area (Å²) in [6.07, 6.45) is 0.871. The van der Waals surface area contributed by atoms with Crippen molar-refractivity contribution in [3.63, 3.8) is 0 Å². The lowest BCUT2D eigenvalue weighted by molar-refractivity contribution is 0.988. The third-order valence-electron chi connectivity index (χ3n) is 3.20. The molecule has 1 aromatic heterocycles. The molecule has 2 aromatic rings. The van der Waals surface area contributed by atoms with Gasteiger partial charge in [-0.05, 0) is 47.3 Å². The van der Waals surface area contributed by atoms with Crippen LogP contribution >= 0.6 is 15.9 Å². The summed E-state index contributed by atoms with van der Waals surface area (Å²) in [7, 11) is 1.88. The molecule has 0 fully saturated rings. The zero-order chi connectivity index (χ0) is 14.0. The van der Waals surface area contributed by atoms with E-state index in [-0.39, 0.29) is 0 Å². The van der Waals surface area contributed by atoms with E-state index in [0.29, 0.717) is 0 Å². The molecule has 0 unspecified atom stereocenters. The Labute approximate surface area is 122 Å². The molecule has 0 saturated heterocycles. The molecule has 0 aliphatic heterocycles. The Kier molecular flexibility index (Phi) is 4.20. The average molecular weight is 320 g/mol. The fourth-order valence-corrected chi connectivity index (χ4v) is 2.83. The van der Waals surface area contributed by atoms with E-state index in [1.165, 1.54) is 11.1 Å². The molecule has 100 valence electrons. The van der Waals surface area contributed by atoms with Crippen molar-refractivity contribution in [2.24, 2.45) is 0 Å². The van der Waals surface area contributed by atoms with E-state index in [9.17, 15) is 0 Å². The fraction of sp³-hybridized carbons (Fsp3) is 0.333. The SMILES string of the molecule is CCc1nc(-c2c(C)cccc2C)nc(NC)c1Br. The number of rotatable bonds is 3. The van der Waals surface area contributed by atoms with Gasteiger partial charge in [-0.2, -0.15) is 0 Å². The Morgan fingerprint density at radius 1 is 1.16 bits per heavy atom. The lowest BCUT2D eigenvalue weighted by Gasteiger charge is -2.13. The molecule has 2 rings (SSSR count). The Morgan fingerprint density at radius 3 is 2.32 bits per heavy atom. The highest BCUT2D eigenvalue weighted by Crippen LogP contribution is 2.30. The van der Waals surface area contributed by atoms with Gasteiger partial charge in [-0.15, -0.1) is 0 Å². The lowest BCUT2D eigenvalue weighted by atomic mass is 10.0. The zero-order valence-corrected chi connectivity index (χ0v) is 13.3. The van der Waals surface area contributed by atoms with Gasteiger partial charge in [0.05, 0.1) is 10.2 Å². The van der Waals surface area contributed by atoms with Gasteiger partial charge in [0.1, 0.15) is 5.82 Å². The van der Waals surface area contributed by atoms with Crippen molar-refractivity contribution < 1.29 is 0 Å². The molecule has 0 aliphatic carbocycles. The highest BCUT2D eigenvalue weighted by atomic mass is 79.9. The van der Waals surface area contributed by atoms with Crippen molar-refractivity contribution >= 4 is 21.7 Å². The monoisotopic (exact) mass is 319 g/mol. The maximum atomic E-state index is 4.69. The first-order valence-corrected chi connectivity index (χ1v) is 7.18. The standard InChI is InChI=1S/C15H18BrN3/c1-5-11-13(16)15(17-4)19-14(18-11)12-9(2)7-6-8-10(12)3/h6-8H,5H2,1-4H3,(H,17,18,19). The van der Waals surface area contributed by atoms with E-state index in [0.717, 1.165) is 33.8 Å². The fourth-order valence-electron chi connectivity index (χ4n) is 2.17. The van der Waals surface area contributed by atoms with Gasteiger partial charge in [-0.3, -0.25) is 0 Å². The van der Waals surface area contributed by atoms with E-state index < -0.39 is 0 Å². The Bertz CT molecular complexity index is 563. The van der Waals surface area contributed by atoms with Crippen LogP contribution in [0.2, 0.25) is 0 Å². The lowest BCUT2D eigenvalue weighted by Crippen LogP contribution is -2.04. The Hall–Kier alpha value is -1.42. The minimum Gasteiger partial charge on any atom is -0.372 e. The van der Waals surface area contributed by atoms with Crippen LogP contribution in [0.15, 0.2) is 22.7 Å². The van der Waals surface area contributed by atoms with Crippen LogP contribution in [0.5, 0.6) is 0 Å². The van der Waals surface area contributed by atoms with E-state index in [1.54, 1.807) is 0 Å². The number of anilines is 1. The number of hydrogen-bond acceptors (Lipinski definition) is 3. The summed E-state index contributed by atoms with van der Waals surface area (Å²) in [5.41, 5.74) is 4.55. The van der Waals surface area contributed by atoms with Gasteiger partial charge < -0.3 is 5.32 Å². The number of aryl methyl sites for hydroxylation is 3. The second-order valence-corrected chi connectivity index (χ2v) is 5.32. The number of benzene rings is 1. The summed E-state index contributed by atoms with van der Waals surface area (Å²) in [5, 5.41) is 3.12. The molecule has 4 heteroatoms. The molecule has 1 aromatic carbocycles. The van der Waals surface area contributed by atoms with Gasteiger partial charge in [0.25, 0.3) is 0 Å². The molecule has 0 atom stereocenters. The summed E-state index contributed by atoms with van der Waals surface area (Å²) in [6, 6.07) is 6.25. The molecule has 3 nitrogen and oxygen atoms in total. The van der Waals surface area contributed by atoms with Gasteiger partial charge in [0, 0.05) is 12.6 Å². The second-order valence-electron chi connectivity index (χ2n) is 4.53. The number of nitrogens with zero attached hydrogens (tertiary/aromatic N) is 2. The maximum absolute atomic E-state index is 4.69. The highest BCUT2D eigenvalue weighted by Gasteiger charge is 2.14. The average Bonchev–Trinajstić information content (AvgIpc) is 2.40. The first-order valence-electron chi connectivity index (χ1n) is 6.39. The summed E-state index contributed by atoms with van der Waals surface area (Å²) in [4.78, 5) is 9.32. The van der Waals surface area contributed by atoms with Gasteiger partial charge in [-0.1, -0.05) is 25.1 Å². The van der Waals surface area contributed by atoms with Crippen LogP contribution in [0.1, 0.15) is 23.7 Å². The van der Waals surface area contributed by atoms with Crippen LogP contribution in [0, 0.1) is 13.8 Å². The smallest absolute Gasteiger partial charge is 0.162 e. The normalized spacial score (nSPS) is 10.6. The number of aromatic nitrogens is 2. The molecule has 19 heavy (non-hydrogen) atoms. The number of hydrogen-bond donors (Lipinski definition) is 1. The van der Waals surface area contributed by atoms with E-state index in [4.69, 9.17) is 4.98 Å². The quantitative estimate of drug-likeness (QED) is 0.924. The number of halogens is 1. The topological polar surface area (TPSA) is 37.8 Å². The van der Waals surface area contributed by atoms with Crippen LogP contribution in [0.4, 0.5) is 5.82 Å². The molecule has 0 bridgehead atoms. The predicted molar refractivity (Wildman–Crippen MR) is 83.6 cm³/mol. The molecular weight excluding hydrogens is 302 g/mol. The molecule has 0 spiro atoms. The summed E-state index contributed by atoms with van der Waals surface area (Å²) in [5.74, 6) is 1.63. The van der Waals surface area contributed by atoms with Gasteiger partial charge in [-0.25, -0.2) is 9.97 Å². The first kappa shape index (κ1) is 14.0. The highest BCUT2D eigenvalue weighted by molar-refractivity contribution is 9.10. The Balaban J connectivity index is 2.69. The summed E-state index contributed by atoms with van der Waals surface area (Å²) >= 11 is 3.56. The largest absolute Gasteiger partial charge is 0.372 e. The van der Waals surface area contributed by atoms with E-state index in [2.05, 4.69) is 65.2 Å². The molecule has 0 radical (unpaired) electrons. The van der Waals surface area contributed by atoms with Crippen LogP contribution in [0.3, 0.4) is 0 Å². The van der Waals surface area contributed by atoms with Crippen LogP contribution in [-0.2, 0) is 6.42 Å². The van der Waals surface area contributed by atoms with Crippen molar-refractivity contribution in [2.45, 2.75) is 27.2 Å². The molecule has 1 heterocycles. The molecule has 0 aliphatic rings. The van der Waals surface area contributed by atoms with Crippen molar-refractivity contribution in [3.05, 3.63) is 39.5 Å². The summed E-state index contributed by atoms with van der Waals surface area (Å²) in [6.45, 7) is 6.29. The van der Waals surface area contributed by atoms with Crippen LogP contribution in [0.25, 0.3) is 11.4 Å². The van der Waals surface area contributed by atoms with E-state index in [1.807, 2.05) is 7.05 Å².